The van der Waals surface area contributed by atoms with Gasteiger partial charge in [0.25, 0.3) is 5.91 Å². The van der Waals surface area contributed by atoms with Gasteiger partial charge in [-0.05, 0) is 85.0 Å². The molecule has 5 aromatic rings. The number of carbonyl (C=O) groups is 1. The van der Waals surface area contributed by atoms with Gasteiger partial charge in [-0.1, -0.05) is 52.3 Å². The Morgan fingerprint density at radius 1 is 0.951 bits per heavy atom. The fourth-order valence-electron chi connectivity index (χ4n) is 4.77. The van der Waals surface area contributed by atoms with E-state index in [1.165, 1.54) is 0 Å². The summed E-state index contributed by atoms with van der Waals surface area (Å²) in [6, 6.07) is 34.0. The van der Waals surface area contributed by atoms with Crippen molar-refractivity contribution >= 4 is 50.5 Å². The molecule has 0 unspecified atom stereocenters. The van der Waals surface area contributed by atoms with Gasteiger partial charge in [-0.3, -0.25) is 9.78 Å². The monoisotopic (exact) mass is 624 g/mol. The van der Waals surface area contributed by atoms with E-state index in [0.29, 0.717) is 16.5 Å². The third kappa shape index (κ3) is 6.01. The van der Waals surface area contributed by atoms with E-state index in [2.05, 4.69) is 31.5 Å². The first-order valence-corrected chi connectivity index (χ1v) is 14.2. The summed E-state index contributed by atoms with van der Waals surface area (Å²) in [4.78, 5) is 19.1. The second kappa shape index (κ2) is 12.0. The molecule has 1 saturated heterocycles. The lowest BCUT2D eigenvalue weighted by Gasteiger charge is -2.26. The van der Waals surface area contributed by atoms with Gasteiger partial charge in [0, 0.05) is 27.6 Å². The van der Waals surface area contributed by atoms with Gasteiger partial charge < -0.3 is 24.7 Å². The Morgan fingerprint density at radius 2 is 1.71 bits per heavy atom. The quantitative estimate of drug-likeness (QED) is 0.175. The second-order valence-corrected chi connectivity index (χ2v) is 10.7. The smallest absolute Gasteiger partial charge is 0.262 e. The number of anilines is 2. The molecule has 2 aromatic heterocycles. The number of carbonyl (C=O) groups excluding carboxylic acids is 1. The van der Waals surface area contributed by atoms with Crippen molar-refractivity contribution in [2.75, 3.05) is 16.8 Å². The molecule has 0 saturated carbocycles. The molecule has 1 fully saturated rings. The van der Waals surface area contributed by atoms with E-state index in [-0.39, 0.29) is 24.6 Å². The first-order chi connectivity index (χ1) is 20.0. The van der Waals surface area contributed by atoms with E-state index < -0.39 is 0 Å². The molecule has 0 spiro atoms. The molecule has 204 valence electrons. The van der Waals surface area contributed by atoms with Gasteiger partial charge in [0.15, 0.2) is 11.7 Å². The van der Waals surface area contributed by atoms with Crippen molar-refractivity contribution < 1.29 is 13.9 Å². The summed E-state index contributed by atoms with van der Waals surface area (Å²) in [5, 5.41) is 6.88. The summed E-state index contributed by atoms with van der Waals surface area (Å²) in [7, 11) is 0. The number of hydrogen-bond donors (Lipinski definition) is 2. The molecule has 1 aliphatic rings. The van der Waals surface area contributed by atoms with E-state index in [0.717, 1.165) is 32.9 Å². The number of pyridine rings is 1. The van der Waals surface area contributed by atoms with Gasteiger partial charge in [0.1, 0.15) is 23.3 Å². The summed E-state index contributed by atoms with van der Waals surface area (Å²) in [5.74, 6) is 1.91. The molecule has 3 aromatic carbocycles. The standard InChI is InChI=1S/C32H25BrN4O3S/c33-22-11-9-21(10-12-22)27-17-18-28(40-27)31-30(26-8-4-5-19-34-26)36-32(41)37(31)24-15-13-23(14-16-24)35-29(38)20-39-25-6-2-1-3-7-25/h1-19,30-31H,20H2,(H,35,38)(H,36,41)/t30-,31+/m1/s1. The molecule has 41 heavy (non-hydrogen) atoms. The molecule has 3 heterocycles. The Balaban J connectivity index is 1.25. The maximum atomic E-state index is 12.5. The molecule has 1 amide bonds. The number of aromatic nitrogens is 1. The fraction of sp³-hybridized carbons (Fsp3) is 0.0938. The number of thiocarbonyl (C=S) groups is 1. The van der Waals surface area contributed by atoms with Crippen LogP contribution in [0.3, 0.4) is 0 Å². The summed E-state index contributed by atoms with van der Waals surface area (Å²) in [6.07, 6.45) is 1.77. The number of furan rings is 1. The Hall–Kier alpha value is -4.47. The van der Waals surface area contributed by atoms with Crippen molar-refractivity contribution in [2.45, 2.75) is 12.1 Å². The Labute approximate surface area is 251 Å². The number of benzene rings is 3. The van der Waals surface area contributed by atoms with Crippen LogP contribution in [0.5, 0.6) is 5.75 Å². The number of nitrogens with one attached hydrogen (secondary N) is 2. The highest BCUT2D eigenvalue weighted by molar-refractivity contribution is 9.10. The third-order valence-electron chi connectivity index (χ3n) is 6.69. The lowest BCUT2D eigenvalue weighted by atomic mass is 10.0. The second-order valence-electron chi connectivity index (χ2n) is 9.40. The minimum atomic E-state index is -0.290. The average molecular weight is 626 g/mol. The number of rotatable bonds is 8. The zero-order chi connectivity index (χ0) is 28.2. The van der Waals surface area contributed by atoms with Gasteiger partial charge in [0.2, 0.25) is 0 Å². The zero-order valence-corrected chi connectivity index (χ0v) is 24.1. The molecular weight excluding hydrogens is 600 g/mol. The van der Waals surface area contributed by atoms with Crippen LogP contribution in [0.25, 0.3) is 11.3 Å². The van der Waals surface area contributed by atoms with Crippen molar-refractivity contribution in [3.63, 3.8) is 0 Å². The van der Waals surface area contributed by atoms with Crippen molar-refractivity contribution in [1.29, 1.82) is 0 Å². The van der Waals surface area contributed by atoms with E-state index >= 15 is 0 Å². The van der Waals surface area contributed by atoms with E-state index in [4.69, 9.17) is 21.4 Å². The first kappa shape index (κ1) is 26.7. The lowest BCUT2D eigenvalue weighted by Crippen LogP contribution is -2.29. The van der Waals surface area contributed by atoms with E-state index in [1.807, 2.05) is 114 Å². The molecule has 2 atom stereocenters. The summed E-state index contributed by atoms with van der Waals surface area (Å²) < 4.78 is 13.0. The molecule has 9 heteroatoms. The Bertz CT molecular complexity index is 1640. The molecule has 0 radical (unpaired) electrons. The van der Waals surface area contributed by atoms with Crippen LogP contribution in [0.1, 0.15) is 23.5 Å². The number of ether oxygens (including phenoxy) is 1. The predicted octanol–water partition coefficient (Wildman–Crippen LogP) is 7.30. The van der Waals surface area contributed by atoms with Crippen LogP contribution < -0.4 is 20.3 Å². The minimum absolute atomic E-state index is 0.0844. The highest BCUT2D eigenvalue weighted by Gasteiger charge is 2.42. The summed E-state index contributed by atoms with van der Waals surface area (Å²) in [5.41, 5.74) is 3.34. The third-order valence-corrected chi connectivity index (χ3v) is 7.53. The highest BCUT2D eigenvalue weighted by atomic mass is 79.9. The fourth-order valence-corrected chi connectivity index (χ4v) is 5.38. The van der Waals surface area contributed by atoms with Crippen LogP contribution >= 0.6 is 28.1 Å². The highest BCUT2D eigenvalue weighted by Crippen LogP contribution is 2.43. The SMILES string of the molecule is O=C(COc1ccccc1)Nc1ccc(N2C(=S)N[C@H](c3ccccn3)[C@@H]2c2ccc(-c3ccc(Br)cc3)o2)cc1. The van der Waals surface area contributed by atoms with Gasteiger partial charge in [-0.2, -0.15) is 0 Å². The number of nitrogens with zero attached hydrogens (tertiary/aromatic N) is 2. The number of hydrogen-bond acceptors (Lipinski definition) is 5. The van der Waals surface area contributed by atoms with E-state index in [1.54, 1.807) is 6.20 Å². The molecule has 2 N–H and O–H groups in total. The first-order valence-electron chi connectivity index (χ1n) is 13.0. The van der Waals surface area contributed by atoms with Crippen LogP contribution in [0.2, 0.25) is 0 Å². The van der Waals surface area contributed by atoms with Gasteiger partial charge >= 0.3 is 0 Å². The molecule has 7 nitrogen and oxygen atoms in total. The largest absolute Gasteiger partial charge is 0.484 e. The number of halogens is 1. The number of amides is 1. The lowest BCUT2D eigenvalue weighted by molar-refractivity contribution is -0.118. The van der Waals surface area contributed by atoms with Gasteiger partial charge in [0.05, 0.1) is 11.7 Å². The summed E-state index contributed by atoms with van der Waals surface area (Å²) >= 11 is 9.32. The molecular formula is C32H25BrN4O3S. The Kier molecular flexibility index (Phi) is 7.80. The maximum Gasteiger partial charge on any atom is 0.262 e. The number of para-hydroxylation sites is 1. The Morgan fingerprint density at radius 3 is 2.44 bits per heavy atom. The van der Waals surface area contributed by atoms with E-state index in [9.17, 15) is 4.79 Å². The van der Waals surface area contributed by atoms with Crippen molar-refractivity contribution in [3.05, 3.63) is 131 Å². The topological polar surface area (TPSA) is 79.6 Å². The van der Waals surface area contributed by atoms with Crippen molar-refractivity contribution in [2.24, 2.45) is 0 Å². The van der Waals surface area contributed by atoms with Crippen LogP contribution in [-0.4, -0.2) is 22.6 Å². The zero-order valence-electron chi connectivity index (χ0n) is 21.7. The van der Waals surface area contributed by atoms with Crippen molar-refractivity contribution in [3.8, 4) is 17.1 Å². The molecule has 0 aliphatic carbocycles. The average Bonchev–Trinajstić information content (AvgIpc) is 3.63. The maximum absolute atomic E-state index is 12.5. The van der Waals surface area contributed by atoms with Crippen LogP contribution in [-0.2, 0) is 4.79 Å². The molecule has 1 aliphatic heterocycles. The van der Waals surface area contributed by atoms with Gasteiger partial charge in [-0.25, -0.2) is 0 Å². The van der Waals surface area contributed by atoms with Gasteiger partial charge in [-0.15, -0.1) is 0 Å². The van der Waals surface area contributed by atoms with Crippen molar-refractivity contribution in [1.82, 2.24) is 10.3 Å². The predicted molar refractivity (Wildman–Crippen MR) is 167 cm³/mol. The van der Waals surface area contributed by atoms with Crippen LogP contribution in [0.4, 0.5) is 11.4 Å². The van der Waals surface area contributed by atoms with Crippen LogP contribution in [0, 0.1) is 0 Å². The normalized spacial score (nSPS) is 16.3. The van der Waals surface area contributed by atoms with Crippen LogP contribution in [0.15, 0.2) is 124 Å². The molecule has 0 bridgehead atoms. The minimum Gasteiger partial charge on any atom is -0.484 e. The molecule has 6 rings (SSSR count). The summed E-state index contributed by atoms with van der Waals surface area (Å²) in [6.45, 7) is -0.0844.